The number of benzene rings is 2. The molecule has 1 aliphatic rings. The van der Waals surface area contributed by atoms with Gasteiger partial charge in [-0.2, -0.15) is 0 Å². The molecule has 114 valence electrons. The number of carbonyl (C=O) groups excluding carboxylic acids is 1. The lowest BCUT2D eigenvalue weighted by atomic mass is 10.2. The van der Waals surface area contributed by atoms with E-state index in [0.29, 0.717) is 5.75 Å². The molecular formula is C17H13N3O3. The molecule has 0 atom stereocenters. The van der Waals surface area contributed by atoms with Crippen molar-refractivity contribution in [3.8, 4) is 11.5 Å². The van der Waals surface area contributed by atoms with Gasteiger partial charge in [0, 0.05) is 6.08 Å². The van der Waals surface area contributed by atoms with Crippen molar-refractivity contribution in [3.05, 3.63) is 60.4 Å². The molecule has 1 amide bonds. The van der Waals surface area contributed by atoms with Crippen LogP contribution in [0.2, 0.25) is 0 Å². The van der Waals surface area contributed by atoms with Crippen LogP contribution in [0.1, 0.15) is 5.56 Å². The first-order valence-corrected chi connectivity index (χ1v) is 7.10. The molecule has 3 aromatic rings. The first kappa shape index (κ1) is 13.4. The number of para-hydroxylation sites is 2. The van der Waals surface area contributed by atoms with E-state index in [0.717, 1.165) is 22.3 Å². The third-order valence-corrected chi connectivity index (χ3v) is 3.51. The molecule has 6 heteroatoms. The van der Waals surface area contributed by atoms with Crippen LogP contribution >= 0.6 is 0 Å². The highest BCUT2D eigenvalue weighted by atomic mass is 16.7. The van der Waals surface area contributed by atoms with Gasteiger partial charge < -0.3 is 9.47 Å². The first-order valence-electron chi connectivity index (χ1n) is 7.10. The molecule has 0 fully saturated rings. The van der Waals surface area contributed by atoms with Crippen LogP contribution in [0.15, 0.2) is 54.9 Å². The molecule has 0 unspecified atom stereocenters. The van der Waals surface area contributed by atoms with Crippen LogP contribution < -0.4 is 14.9 Å². The number of carbonyl (C=O) groups is 1. The molecule has 4 rings (SSSR count). The van der Waals surface area contributed by atoms with Crippen LogP contribution in [0.25, 0.3) is 17.1 Å². The number of rotatable bonds is 3. The largest absolute Gasteiger partial charge is 0.454 e. The number of amides is 1. The van der Waals surface area contributed by atoms with Gasteiger partial charge in [0.05, 0.1) is 11.0 Å². The zero-order valence-electron chi connectivity index (χ0n) is 12.1. The molecule has 1 aromatic heterocycles. The van der Waals surface area contributed by atoms with Crippen molar-refractivity contribution in [1.82, 2.24) is 9.66 Å². The van der Waals surface area contributed by atoms with Crippen LogP contribution in [0, 0.1) is 0 Å². The summed E-state index contributed by atoms with van der Waals surface area (Å²) < 4.78 is 12.2. The maximum Gasteiger partial charge on any atom is 0.262 e. The molecule has 0 radical (unpaired) electrons. The van der Waals surface area contributed by atoms with Gasteiger partial charge in [0.15, 0.2) is 11.5 Å². The van der Waals surface area contributed by atoms with Gasteiger partial charge in [-0.3, -0.25) is 10.2 Å². The normalized spacial score (nSPS) is 12.9. The van der Waals surface area contributed by atoms with E-state index in [1.807, 2.05) is 42.5 Å². The van der Waals surface area contributed by atoms with Gasteiger partial charge >= 0.3 is 0 Å². The Hall–Kier alpha value is -3.28. The molecule has 0 spiro atoms. The Bertz CT molecular complexity index is 914. The topological polar surface area (TPSA) is 65.4 Å². The average Bonchev–Trinajstić information content (AvgIpc) is 3.20. The zero-order chi connectivity index (χ0) is 15.6. The summed E-state index contributed by atoms with van der Waals surface area (Å²) in [5.74, 6) is 1.16. The Morgan fingerprint density at radius 1 is 1.17 bits per heavy atom. The Morgan fingerprint density at radius 2 is 2.04 bits per heavy atom. The molecule has 0 saturated heterocycles. The Morgan fingerprint density at radius 3 is 3.00 bits per heavy atom. The fraction of sp³-hybridized carbons (Fsp3) is 0.0588. The summed E-state index contributed by atoms with van der Waals surface area (Å²) in [7, 11) is 0. The molecule has 0 saturated carbocycles. The van der Waals surface area contributed by atoms with E-state index in [1.54, 1.807) is 17.1 Å². The predicted octanol–water partition coefficient (Wildman–Crippen LogP) is 2.55. The molecule has 6 nitrogen and oxygen atoms in total. The molecule has 0 aliphatic carbocycles. The van der Waals surface area contributed by atoms with Crippen molar-refractivity contribution in [1.29, 1.82) is 0 Å². The van der Waals surface area contributed by atoms with E-state index in [1.165, 1.54) is 6.08 Å². The van der Waals surface area contributed by atoms with E-state index in [2.05, 4.69) is 10.4 Å². The molecular weight excluding hydrogens is 294 g/mol. The third kappa shape index (κ3) is 2.62. The quantitative estimate of drug-likeness (QED) is 0.755. The third-order valence-electron chi connectivity index (χ3n) is 3.51. The smallest absolute Gasteiger partial charge is 0.262 e. The van der Waals surface area contributed by atoms with Gasteiger partial charge in [-0.05, 0) is 35.9 Å². The minimum Gasteiger partial charge on any atom is -0.454 e. The van der Waals surface area contributed by atoms with Crippen LogP contribution in [-0.2, 0) is 4.79 Å². The minimum atomic E-state index is -0.245. The lowest BCUT2D eigenvalue weighted by Gasteiger charge is -2.04. The number of imidazole rings is 1. The lowest BCUT2D eigenvalue weighted by Crippen LogP contribution is -2.19. The minimum absolute atomic E-state index is 0.233. The fourth-order valence-corrected chi connectivity index (χ4v) is 2.39. The van der Waals surface area contributed by atoms with E-state index in [9.17, 15) is 4.79 Å². The maximum absolute atomic E-state index is 12.1. The van der Waals surface area contributed by atoms with E-state index < -0.39 is 0 Å². The second-order valence-corrected chi connectivity index (χ2v) is 5.03. The number of hydrogen-bond acceptors (Lipinski definition) is 4. The van der Waals surface area contributed by atoms with Crippen LogP contribution in [-0.4, -0.2) is 22.4 Å². The fourth-order valence-electron chi connectivity index (χ4n) is 2.39. The van der Waals surface area contributed by atoms with Gasteiger partial charge in [0.1, 0.15) is 6.33 Å². The van der Waals surface area contributed by atoms with Crippen LogP contribution in [0.5, 0.6) is 11.5 Å². The summed E-state index contributed by atoms with van der Waals surface area (Å²) in [5, 5.41) is 0. The maximum atomic E-state index is 12.1. The van der Waals surface area contributed by atoms with Crippen molar-refractivity contribution in [2.24, 2.45) is 0 Å². The second kappa shape index (κ2) is 5.49. The Labute approximate surface area is 131 Å². The van der Waals surface area contributed by atoms with Crippen molar-refractivity contribution in [2.45, 2.75) is 0 Å². The highest BCUT2D eigenvalue weighted by molar-refractivity contribution is 5.98. The van der Waals surface area contributed by atoms with Gasteiger partial charge in [-0.15, -0.1) is 0 Å². The summed E-state index contributed by atoms with van der Waals surface area (Å²) in [4.78, 5) is 16.3. The lowest BCUT2D eigenvalue weighted by molar-refractivity contribution is -0.112. The number of hydrogen-bond donors (Lipinski definition) is 1. The number of nitrogens with one attached hydrogen (secondary N) is 1. The van der Waals surface area contributed by atoms with E-state index >= 15 is 0 Å². The second-order valence-electron chi connectivity index (χ2n) is 5.03. The van der Waals surface area contributed by atoms with Crippen LogP contribution in [0.3, 0.4) is 0 Å². The highest BCUT2D eigenvalue weighted by Crippen LogP contribution is 2.32. The van der Waals surface area contributed by atoms with Gasteiger partial charge in [0.25, 0.3) is 5.91 Å². The monoisotopic (exact) mass is 307 g/mol. The summed E-state index contributed by atoms with van der Waals surface area (Å²) >= 11 is 0. The average molecular weight is 307 g/mol. The Balaban J connectivity index is 1.49. The van der Waals surface area contributed by atoms with Gasteiger partial charge in [0.2, 0.25) is 6.79 Å². The molecule has 1 aliphatic heterocycles. The van der Waals surface area contributed by atoms with Crippen molar-refractivity contribution < 1.29 is 14.3 Å². The van der Waals surface area contributed by atoms with Gasteiger partial charge in [-0.25, -0.2) is 9.66 Å². The van der Waals surface area contributed by atoms with Crippen molar-refractivity contribution in [2.75, 3.05) is 12.2 Å². The highest BCUT2D eigenvalue weighted by Gasteiger charge is 2.12. The van der Waals surface area contributed by atoms with E-state index in [4.69, 9.17) is 9.47 Å². The predicted molar refractivity (Wildman–Crippen MR) is 85.7 cm³/mol. The van der Waals surface area contributed by atoms with Gasteiger partial charge in [-0.1, -0.05) is 18.2 Å². The molecule has 1 N–H and O–H groups in total. The first-order chi connectivity index (χ1) is 11.3. The van der Waals surface area contributed by atoms with Crippen LogP contribution in [0.4, 0.5) is 0 Å². The van der Waals surface area contributed by atoms with Crippen molar-refractivity contribution in [3.63, 3.8) is 0 Å². The summed E-state index contributed by atoms with van der Waals surface area (Å²) in [5.41, 5.74) is 5.29. The SMILES string of the molecule is O=C(/C=C/c1ccc2c(c1)OCO2)Nn1cnc2ccccc21. The summed E-state index contributed by atoms with van der Waals surface area (Å²) in [6, 6.07) is 13.1. The molecule has 2 heterocycles. The number of nitrogens with zero attached hydrogens (tertiary/aromatic N) is 2. The summed E-state index contributed by atoms with van der Waals surface area (Å²) in [6.45, 7) is 0.233. The standard InChI is InChI=1S/C17H13N3O3/c21-17(19-20-10-18-13-3-1-2-4-14(13)20)8-6-12-5-7-15-16(9-12)23-11-22-15/h1-10H,11H2,(H,19,21)/b8-6+. The number of aromatic nitrogens is 2. The molecule has 0 bridgehead atoms. The van der Waals surface area contributed by atoms with E-state index in [-0.39, 0.29) is 12.7 Å². The molecule has 2 aromatic carbocycles. The zero-order valence-corrected chi connectivity index (χ0v) is 12.1. The Kier molecular flexibility index (Phi) is 3.20. The molecule has 23 heavy (non-hydrogen) atoms. The summed E-state index contributed by atoms with van der Waals surface area (Å²) in [6.07, 6.45) is 4.76. The number of fused-ring (bicyclic) bond motifs is 2. The number of ether oxygens (including phenoxy) is 2. The van der Waals surface area contributed by atoms with Crippen molar-refractivity contribution >= 4 is 23.0 Å².